The number of hydrogen-bond acceptors (Lipinski definition) is 4. The topological polar surface area (TPSA) is 61.9 Å². The van der Waals surface area contributed by atoms with Gasteiger partial charge in [-0.3, -0.25) is 14.5 Å². The van der Waals surface area contributed by atoms with Crippen LogP contribution in [0.15, 0.2) is 48.5 Å². The van der Waals surface area contributed by atoms with E-state index < -0.39 is 0 Å². The molecule has 2 amide bonds. The van der Waals surface area contributed by atoms with E-state index in [4.69, 9.17) is 4.74 Å². The van der Waals surface area contributed by atoms with Crippen molar-refractivity contribution in [3.8, 4) is 5.75 Å². The molecular formula is C23H29N3O3. The van der Waals surface area contributed by atoms with Crippen LogP contribution in [0.2, 0.25) is 0 Å². The lowest BCUT2D eigenvalue weighted by atomic mass is 10.1. The predicted octanol–water partition coefficient (Wildman–Crippen LogP) is 2.72. The van der Waals surface area contributed by atoms with E-state index in [2.05, 4.69) is 17.1 Å². The number of rotatable bonds is 7. The summed E-state index contributed by atoms with van der Waals surface area (Å²) in [4.78, 5) is 28.7. The minimum Gasteiger partial charge on any atom is -0.484 e. The van der Waals surface area contributed by atoms with Crippen LogP contribution in [0.5, 0.6) is 5.75 Å². The van der Waals surface area contributed by atoms with E-state index in [0.29, 0.717) is 32.7 Å². The summed E-state index contributed by atoms with van der Waals surface area (Å²) in [5.74, 6) is 0.700. The summed E-state index contributed by atoms with van der Waals surface area (Å²) >= 11 is 0. The van der Waals surface area contributed by atoms with E-state index in [0.717, 1.165) is 29.0 Å². The number of nitrogens with zero attached hydrogens (tertiary/aromatic N) is 2. The van der Waals surface area contributed by atoms with Crippen molar-refractivity contribution in [1.82, 2.24) is 9.80 Å². The molecule has 0 saturated carbocycles. The first-order valence-electron chi connectivity index (χ1n) is 10.1. The maximum Gasteiger partial charge on any atom is 0.260 e. The highest BCUT2D eigenvalue weighted by Crippen LogP contribution is 2.17. The van der Waals surface area contributed by atoms with Gasteiger partial charge in [-0.2, -0.15) is 0 Å². The Bertz CT molecular complexity index is 845. The summed E-state index contributed by atoms with van der Waals surface area (Å²) in [5.41, 5.74) is 3.02. The van der Waals surface area contributed by atoms with Gasteiger partial charge in [-0.1, -0.05) is 43.3 Å². The second-order valence-electron chi connectivity index (χ2n) is 7.27. The van der Waals surface area contributed by atoms with E-state index in [-0.39, 0.29) is 18.4 Å². The fourth-order valence-electron chi connectivity index (χ4n) is 3.45. The molecule has 0 bridgehead atoms. The molecule has 0 aliphatic carbocycles. The molecule has 1 aliphatic heterocycles. The third-order valence-corrected chi connectivity index (χ3v) is 5.21. The number of anilines is 1. The van der Waals surface area contributed by atoms with Gasteiger partial charge in [-0.25, -0.2) is 0 Å². The van der Waals surface area contributed by atoms with Crippen molar-refractivity contribution in [2.24, 2.45) is 0 Å². The van der Waals surface area contributed by atoms with Crippen LogP contribution in [0, 0.1) is 6.92 Å². The summed E-state index contributed by atoms with van der Waals surface area (Å²) in [6.45, 7) is 6.98. The van der Waals surface area contributed by atoms with Gasteiger partial charge in [0.05, 0.1) is 6.54 Å². The lowest BCUT2D eigenvalue weighted by molar-refractivity contribution is -0.135. The van der Waals surface area contributed by atoms with Crippen molar-refractivity contribution in [3.63, 3.8) is 0 Å². The molecule has 0 atom stereocenters. The minimum atomic E-state index is -0.0198. The first-order valence-corrected chi connectivity index (χ1v) is 10.1. The lowest BCUT2D eigenvalue weighted by Crippen LogP contribution is -2.51. The van der Waals surface area contributed by atoms with E-state index in [1.165, 1.54) is 0 Å². The summed E-state index contributed by atoms with van der Waals surface area (Å²) in [6.07, 6.45) is 0.877. The van der Waals surface area contributed by atoms with Crippen molar-refractivity contribution in [3.05, 3.63) is 59.7 Å². The number of carbonyl (C=O) groups is 2. The summed E-state index contributed by atoms with van der Waals surface area (Å²) in [7, 11) is 0. The monoisotopic (exact) mass is 395 g/mol. The molecule has 0 aromatic heterocycles. The molecule has 6 nitrogen and oxygen atoms in total. The standard InChI is InChI=1S/C23H29N3O3/c1-3-19-9-5-6-10-20(19)24-22(27)16-25-12-14-26(15-13-25)23(28)17-29-21-11-7-4-8-18(21)2/h4-11H,3,12-17H2,1-2H3,(H,24,27). The predicted molar refractivity (Wildman–Crippen MR) is 114 cm³/mol. The number of amides is 2. The normalized spacial score (nSPS) is 14.5. The Balaban J connectivity index is 1.42. The van der Waals surface area contributed by atoms with Crippen LogP contribution < -0.4 is 10.1 Å². The molecule has 1 heterocycles. The fraction of sp³-hybridized carbons (Fsp3) is 0.391. The van der Waals surface area contributed by atoms with Gasteiger partial charge in [0, 0.05) is 31.9 Å². The summed E-state index contributed by atoms with van der Waals surface area (Å²) < 4.78 is 5.66. The lowest BCUT2D eigenvalue weighted by Gasteiger charge is -2.34. The zero-order valence-electron chi connectivity index (χ0n) is 17.2. The number of carbonyl (C=O) groups excluding carboxylic acids is 2. The molecule has 154 valence electrons. The Hall–Kier alpha value is -2.86. The molecule has 2 aromatic carbocycles. The van der Waals surface area contributed by atoms with Crippen molar-refractivity contribution in [2.75, 3.05) is 44.6 Å². The molecule has 3 rings (SSSR count). The average molecular weight is 396 g/mol. The Kier molecular flexibility index (Phi) is 7.25. The van der Waals surface area contributed by atoms with Crippen LogP contribution in [-0.4, -0.2) is 60.9 Å². The number of hydrogen-bond donors (Lipinski definition) is 1. The van der Waals surface area contributed by atoms with Gasteiger partial charge in [0.15, 0.2) is 6.61 Å². The largest absolute Gasteiger partial charge is 0.484 e. The first kappa shape index (κ1) is 20.9. The van der Waals surface area contributed by atoms with Gasteiger partial charge >= 0.3 is 0 Å². The van der Waals surface area contributed by atoms with Crippen LogP contribution in [0.25, 0.3) is 0 Å². The van der Waals surface area contributed by atoms with Crippen molar-refractivity contribution >= 4 is 17.5 Å². The molecule has 1 saturated heterocycles. The van der Waals surface area contributed by atoms with Gasteiger partial charge in [0.25, 0.3) is 5.91 Å². The van der Waals surface area contributed by atoms with Gasteiger partial charge < -0.3 is 15.0 Å². The van der Waals surface area contributed by atoms with Crippen LogP contribution in [-0.2, 0) is 16.0 Å². The third kappa shape index (κ3) is 5.81. The Morgan fingerprint density at radius 3 is 2.41 bits per heavy atom. The Labute approximate surface area is 172 Å². The maximum absolute atomic E-state index is 12.4. The molecule has 0 spiro atoms. The number of aryl methyl sites for hydroxylation is 2. The van der Waals surface area contributed by atoms with Crippen LogP contribution in [0.1, 0.15) is 18.1 Å². The molecule has 1 aliphatic rings. The van der Waals surface area contributed by atoms with Gasteiger partial charge in [-0.15, -0.1) is 0 Å². The van der Waals surface area contributed by atoms with Crippen LogP contribution in [0.3, 0.4) is 0 Å². The zero-order valence-corrected chi connectivity index (χ0v) is 17.2. The maximum atomic E-state index is 12.4. The minimum absolute atomic E-state index is 0.0192. The molecule has 6 heteroatoms. The van der Waals surface area contributed by atoms with Crippen molar-refractivity contribution in [2.45, 2.75) is 20.3 Å². The van der Waals surface area contributed by atoms with E-state index in [1.54, 1.807) is 4.90 Å². The number of nitrogens with one attached hydrogen (secondary N) is 1. The highest BCUT2D eigenvalue weighted by atomic mass is 16.5. The van der Waals surface area contributed by atoms with E-state index in [1.807, 2.05) is 55.5 Å². The van der Waals surface area contributed by atoms with Crippen molar-refractivity contribution < 1.29 is 14.3 Å². The third-order valence-electron chi connectivity index (χ3n) is 5.21. The molecular weight excluding hydrogens is 366 g/mol. The molecule has 0 unspecified atom stereocenters. The van der Waals surface area contributed by atoms with E-state index in [9.17, 15) is 9.59 Å². The summed E-state index contributed by atoms with van der Waals surface area (Å²) in [6, 6.07) is 15.5. The van der Waals surface area contributed by atoms with E-state index >= 15 is 0 Å². The first-order chi connectivity index (χ1) is 14.1. The van der Waals surface area contributed by atoms with Crippen LogP contribution in [0.4, 0.5) is 5.69 Å². The fourth-order valence-corrected chi connectivity index (χ4v) is 3.45. The molecule has 29 heavy (non-hydrogen) atoms. The summed E-state index contributed by atoms with van der Waals surface area (Å²) in [5, 5.41) is 3.01. The molecule has 1 N–H and O–H groups in total. The Morgan fingerprint density at radius 1 is 1.00 bits per heavy atom. The zero-order chi connectivity index (χ0) is 20.6. The average Bonchev–Trinajstić information content (AvgIpc) is 2.74. The number of piperazine rings is 1. The van der Waals surface area contributed by atoms with Crippen molar-refractivity contribution in [1.29, 1.82) is 0 Å². The number of para-hydroxylation sites is 2. The highest BCUT2D eigenvalue weighted by Gasteiger charge is 2.23. The molecule has 2 aromatic rings. The van der Waals surface area contributed by atoms with Crippen LogP contribution >= 0.6 is 0 Å². The van der Waals surface area contributed by atoms with Gasteiger partial charge in [0.1, 0.15) is 5.75 Å². The van der Waals surface area contributed by atoms with Gasteiger partial charge in [-0.05, 0) is 36.6 Å². The highest BCUT2D eigenvalue weighted by molar-refractivity contribution is 5.93. The second-order valence-corrected chi connectivity index (χ2v) is 7.27. The quantitative estimate of drug-likeness (QED) is 0.783. The number of ether oxygens (including phenoxy) is 1. The molecule has 0 radical (unpaired) electrons. The Morgan fingerprint density at radius 2 is 1.69 bits per heavy atom. The number of benzene rings is 2. The molecule has 1 fully saturated rings. The SMILES string of the molecule is CCc1ccccc1NC(=O)CN1CCN(C(=O)COc2ccccc2C)CC1. The van der Waals surface area contributed by atoms with Gasteiger partial charge in [0.2, 0.25) is 5.91 Å². The second kappa shape index (κ2) is 10.1. The smallest absolute Gasteiger partial charge is 0.260 e.